The summed E-state index contributed by atoms with van der Waals surface area (Å²) in [7, 11) is 0. The molecule has 0 radical (unpaired) electrons. The SMILES string of the molecule is NNc1ccnc2c1cnn2C1CNC1. The predicted molar refractivity (Wildman–Crippen MR) is 57.2 cm³/mol. The van der Waals surface area contributed by atoms with Crippen LogP contribution in [0.1, 0.15) is 6.04 Å². The zero-order valence-electron chi connectivity index (χ0n) is 8.14. The van der Waals surface area contributed by atoms with Crippen molar-refractivity contribution in [2.24, 2.45) is 5.84 Å². The second-order valence-corrected chi connectivity index (χ2v) is 3.64. The molecule has 3 heterocycles. The van der Waals surface area contributed by atoms with Gasteiger partial charge in [-0.05, 0) is 6.07 Å². The average Bonchev–Trinajstić information content (AvgIpc) is 2.59. The van der Waals surface area contributed by atoms with E-state index in [1.165, 1.54) is 0 Å². The maximum atomic E-state index is 5.42. The number of nitrogens with one attached hydrogen (secondary N) is 2. The molecule has 0 bridgehead atoms. The summed E-state index contributed by atoms with van der Waals surface area (Å²) in [6, 6.07) is 2.26. The number of aromatic nitrogens is 3. The number of rotatable bonds is 2. The minimum atomic E-state index is 0.419. The van der Waals surface area contributed by atoms with Gasteiger partial charge in [-0.25, -0.2) is 9.67 Å². The highest BCUT2D eigenvalue weighted by molar-refractivity contribution is 5.88. The minimum Gasteiger partial charge on any atom is -0.323 e. The highest BCUT2D eigenvalue weighted by Gasteiger charge is 2.22. The van der Waals surface area contributed by atoms with E-state index < -0.39 is 0 Å². The van der Waals surface area contributed by atoms with Gasteiger partial charge in [-0.15, -0.1) is 0 Å². The molecule has 0 aromatic carbocycles. The Kier molecular flexibility index (Phi) is 1.83. The van der Waals surface area contributed by atoms with Gasteiger partial charge in [0.2, 0.25) is 0 Å². The number of nitrogens with zero attached hydrogens (tertiary/aromatic N) is 3. The molecule has 3 rings (SSSR count). The Morgan fingerprint density at radius 3 is 3.07 bits per heavy atom. The van der Waals surface area contributed by atoms with Gasteiger partial charge in [-0.3, -0.25) is 5.84 Å². The van der Waals surface area contributed by atoms with Gasteiger partial charge in [0.25, 0.3) is 0 Å². The van der Waals surface area contributed by atoms with Gasteiger partial charge in [0, 0.05) is 19.3 Å². The summed E-state index contributed by atoms with van der Waals surface area (Å²) < 4.78 is 1.95. The van der Waals surface area contributed by atoms with Gasteiger partial charge < -0.3 is 10.7 Å². The number of nitrogens with two attached hydrogens (primary N) is 1. The van der Waals surface area contributed by atoms with E-state index in [9.17, 15) is 0 Å². The zero-order chi connectivity index (χ0) is 10.3. The van der Waals surface area contributed by atoms with Crippen LogP contribution in [-0.4, -0.2) is 27.9 Å². The molecule has 0 saturated carbocycles. The molecule has 78 valence electrons. The molecule has 0 amide bonds. The monoisotopic (exact) mass is 204 g/mol. The predicted octanol–water partition coefficient (Wildman–Crippen LogP) is -0.139. The number of nitrogen functional groups attached to an aromatic ring is 1. The van der Waals surface area contributed by atoms with Crippen molar-refractivity contribution >= 4 is 16.7 Å². The molecule has 0 aliphatic carbocycles. The third-order valence-corrected chi connectivity index (χ3v) is 2.76. The molecule has 6 nitrogen and oxygen atoms in total. The van der Waals surface area contributed by atoms with Crippen LogP contribution in [0.3, 0.4) is 0 Å². The van der Waals surface area contributed by atoms with E-state index in [0.29, 0.717) is 6.04 Å². The second kappa shape index (κ2) is 3.18. The van der Waals surface area contributed by atoms with E-state index in [1.54, 1.807) is 12.4 Å². The van der Waals surface area contributed by atoms with E-state index in [-0.39, 0.29) is 0 Å². The lowest BCUT2D eigenvalue weighted by Gasteiger charge is -2.27. The van der Waals surface area contributed by atoms with Crippen LogP contribution >= 0.6 is 0 Å². The van der Waals surface area contributed by atoms with Crippen molar-refractivity contribution in [1.29, 1.82) is 0 Å². The highest BCUT2D eigenvalue weighted by atomic mass is 15.4. The molecule has 4 N–H and O–H groups in total. The van der Waals surface area contributed by atoms with Crippen LogP contribution in [-0.2, 0) is 0 Å². The van der Waals surface area contributed by atoms with Crippen molar-refractivity contribution in [1.82, 2.24) is 20.1 Å². The van der Waals surface area contributed by atoms with Crippen LogP contribution in [0.4, 0.5) is 5.69 Å². The Balaban J connectivity index is 2.16. The van der Waals surface area contributed by atoms with Gasteiger partial charge in [0.1, 0.15) is 0 Å². The Morgan fingerprint density at radius 2 is 2.40 bits per heavy atom. The number of hydrazine groups is 1. The summed E-state index contributed by atoms with van der Waals surface area (Å²) >= 11 is 0. The van der Waals surface area contributed by atoms with Crippen molar-refractivity contribution < 1.29 is 0 Å². The van der Waals surface area contributed by atoms with E-state index in [4.69, 9.17) is 5.84 Å². The fourth-order valence-electron chi connectivity index (χ4n) is 1.79. The molecule has 0 atom stereocenters. The summed E-state index contributed by atoms with van der Waals surface area (Å²) in [6.07, 6.45) is 3.54. The molecule has 1 aliphatic rings. The first kappa shape index (κ1) is 8.63. The Hall–Kier alpha value is -1.66. The van der Waals surface area contributed by atoms with Crippen molar-refractivity contribution in [2.75, 3.05) is 18.5 Å². The molecule has 2 aromatic rings. The van der Waals surface area contributed by atoms with Crippen LogP contribution in [0.25, 0.3) is 11.0 Å². The quantitative estimate of drug-likeness (QED) is 0.468. The van der Waals surface area contributed by atoms with Crippen LogP contribution < -0.4 is 16.6 Å². The summed E-state index contributed by atoms with van der Waals surface area (Å²) in [4.78, 5) is 4.33. The second-order valence-electron chi connectivity index (χ2n) is 3.64. The summed E-state index contributed by atoms with van der Waals surface area (Å²) in [5.74, 6) is 5.42. The standard InChI is InChI=1S/C9H12N6/c10-14-8-1-2-12-9-7(8)5-13-15(9)6-3-11-4-6/h1-2,5-6,11H,3-4,10H2,(H,12,14). The van der Waals surface area contributed by atoms with E-state index >= 15 is 0 Å². The number of fused-ring (bicyclic) bond motifs is 1. The summed E-state index contributed by atoms with van der Waals surface area (Å²) in [5.41, 5.74) is 4.40. The minimum absolute atomic E-state index is 0.419. The number of pyridine rings is 1. The van der Waals surface area contributed by atoms with Gasteiger partial charge in [-0.1, -0.05) is 0 Å². The third-order valence-electron chi connectivity index (χ3n) is 2.76. The van der Waals surface area contributed by atoms with Crippen LogP contribution in [0.15, 0.2) is 18.5 Å². The first-order valence-electron chi connectivity index (χ1n) is 4.89. The number of anilines is 1. The fourth-order valence-corrected chi connectivity index (χ4v) is 1.79. The van der Waals surface area contributed by atoms with Crippen LogP contribution in [0.2, 0.25) is 0 Å². The normalized spacial score (nSPS) is 16.6. The third kappa shape index (κ3) is 1.19. The first-order chi connectivity index (χ1) is 7.40. The molecule has 1 aliphatic heterocycles. The molecule has 0 spiro atoms. The largest absolute Gasteiger partial charge is 0.323 e. The maximum Gasteiger partial charge on any atom is 0.160 e. The van der Waals surface area contributed by atoms with E-state index in [1.807, 2.05) is 10.7 Å². The van der Waals surface area contributed by atoms with Gasteiger partial charge in [0.15, 0.2) is 5.65 Å². The number of hydrogen-bond donors (Lipinski definition) is 3. The summed E-state index contributed by atoms with van der Waals surface area (Å²) in [5, 5.41) is 8.52. The van der Waals surface area contributed by atoms with Crippen molar-refractivity contribution in [3.05, 3.63) is 18.5 Å². The number of hydrogen-bond acceptors (Lipinski definition) is 5. The lowest BCUT2D eigenvalue weighted by atomic mass is 10.2. The molecular weight excluding hydrogens is 192 g/mol. The zero-order valence-corrected chi connectivity index (χ0v) is 8.14. The molecular formula is C9H12N6. The average molecular weight is 204 g/mol. The Morgan fingerprint density at radius 1 is 1.53 bits per heavy atom. The molecule has 6 heteroatoms. The molecule has 15 heavy (non-hydrogen) atoms. The molecule has 2 aromatic heterocycles. The summed E-state index contributed by atoms with van der Waals surface area (Å²) in [6.45, 7) is 1.91. The van der Waals surface area contributed by atoms with E-state index in [2.05, 4.69) is 20.8 Å². The van der Waals surface area contributed by atoms with Gasteiger partial charge in [0.05, 0.1) is 23.3 Å². The van der Waals surface area contributed by atoms with Crippen LogP contribution in [0, 0.1) is 0 Å². The highest BCUT2D eigenvalue weighted by Crippen LogP contribution is 2.23. The lowest BCUT2D eigenvalue weighted by Crippen LogP contribution is -2.43. The maximum absolute atomic E-state index is 5.42. The van der Waals surface area contributed by atoms with Gasteiger partial charge >= 0.3 is 0 Å². The first-order valence-corrected chi connectivity index (χ1v) is 4.89. The Labute approximate surface area is 86.4 Å². The van der Waals surface area contributed by atoms with E-state index in [0.717, 1.165) is 29.8 Å². The molecule has 0 unspecified atom stereocenters. The van der Waals surface area contributed by atoms with Crippen molar-refractivity contribution in [3.63, 3.8) is 0 Å². The lowest BCUT2D eigenvalue weighted by molar-refractivity contribution is 0.325. The van der Waals surface area contributed by atoms with Crippen LogP contribution in [0.5, 0.6) is 0 Å². The van der Waals surface area contributed by atoms with Crippen molar-refractivity contribution in [2.45, 2.75) is 6.04 Å². The smallest absolute Gasteiger partial charge is 0.160 e. The fraction of sp³-hybridized carbons (Fsp3) is 0.333. The van der Waals surface area contributed by atoms with Gasteiger partial charge in [-0.2, -0.15) is 5.10 Å². The molecule has 1 saturated heterocycles. The Bertz CT molecular complexity index is 486. The van der Waals surface area contributed by atoms with Crippen molar-refractivity contribution in [3.8, 4) is 0 Å². The topological polar surface area (TPSA) is 80.8 Å². The molecule has 1 fully saturated rings.